The number of fused-ring (bicyclic) bond motifs is 2. The highest BCUT2D eigenvalue weighted by Gasteiger charge is 2.38. The van der Waals surface area contributed by atoms with Crippen LogP contribution in [0.5, 0.6) is 17.2 Å². The summed E-state index contributed by atoms with van der Waals surface area (Å²) < 4.78 is 19.1. The zero-order valence-corrected chi connectivity index (χ0v) is 15.1. The monoisotopic (exact) mass is 357 g/mol. The molecule has 1 aliphatic carbocycles. The molecule has 0 radical (unpaired) electrons. The van der Waals surface area contributed by atoms with E-state index in [0.29, 0.717) is 11.8 Å². The lowest BCUT2D eigenvalue weighted by atomic mass is 9.90. The van der Waals surface area contributed by atoms with E-state index in [-0.39, 0.29) is 12.8 Å². The summed E-state index contributed by atoms with van der Waals surface area (Å²) in [6, 6.07) is 2.42. The molecule has 3 aliphatic rings. The number of hydrogen-bond donors (Lipinski definition) is 0. The average Bonchev–Trinajstić information content (AvgIpc) is 3.39. The van der Waals surface area contributed by atoms with Crippen LogP contribution in [0.1, 0.15) is 54.7 Å². The van der Waals surface area contributed by atoms with Gasteiger partial charge >= 0.3 is 0 Å². The van der Waals surface area contributed by atoms with Gasteiger partial charge in [0.05, 0.1) is 13.2 Å². The molecular formula is C18H23N5O3. The number of benzene rings is 1. The summed E-state index contributed by atoms with van der Waals surface area (Å²) in [5.41, 5.74) is 2.31. The third-order valence-corrected chi connectivity index (χ3v) is 5.83. The first-order valence-corrected chi connectivity index (χ1v) is 9.25. The molecule has 1 aromatic heterocycles. The Hall–Kier alpha value is -2.35. The summed E-state index contributed by atoms with van der Waals surface area (Å²) in [5, 5.41) is 12.8. The standard InChI is InChI=1S/C18H23N5O3/c1-22-8-7-11-9-13-16(26-10-25-13)17(24-2)14(11)15(22)18-19-20-21-23(18)12-5-3-4-6-12/h9,12,15H,3-8,10H2,1-2H3/t15-/m1/s1. The van der Waals surface area contributed by atoms with Gasteiger partial charge in [0.2, 0.25) is 12.5 Å². The van der Waals surface area contributed by atoms with Crippen molar-refractivity contribution in [3.63, 3.8) is 0 Å². The lowest BCUT2D eigenvalue weighted by Crippen LogP contribution is -2.35. The van der Waals surface area contributed by atoms with E-state index in [1.807, 2.05) is 4.68 Å². The van der Waals surface area contributed by atoms with Gasteiger partial charge in [-0.05, 0) is 48.4 Å². The molecule has 3 heterocycles. The van der Waals surface area contributed by atoms with Crippen LogP contribution in [0.4, 0.5) is 0 Å². The third-order valence-electron chi connectivity index (χ3n) is 5.83. The molecule has 0 saturated heterocycles. The van der Waals surface area contributed by atoms with Crippen LogP contribution in [0.25, 0.3) is 0 Å². The van der Waals surface area contributed by atoms with Gasteiger partial charge < -0.3 is 14.2 Å². The molecular weight excluding hydrogens is 334 g/mol. The molecule has 2 aliphatic heterocycles. The third kappa shape index (κ3) is 2.28. The molecule has 1 atom stereocenters. The Morgan fingerprint density at radius 2 is 2.08 bits per heavy atom. The van der Waals surface area contributed by atoms with Crippen LogP contribution in [-0.2, 0) is 6.42 Å². The second-order valence-electron chi connectivity index (χ2n) is 7.27. The summed E-state index contributed by atoms with van der Waals surface area (Å²) in [7, 11) is 3.80. The number of aromatic nitrogens is 4. The smallest absolute Gasteiger partial charge is 0.231 e. The molecule has 0 bridgehead atoms. The average molecular weight is 357 g/mol. The van der Waals surface area contributed by atoms with E-state index in [2.05, 4.69) is 33.5 Å². The fraction of sp³-hybridized carbons (Fsp3) is 0.611. The van der Waals surface area contributed by atoms with Crippen LogP contribution in [-0.4, -0.2) is 52.6 Å². The molecule has 1 aromatic carbocycles. The quantitative estimate of drug-likeness (QED) is 0.833. The Morgan fingerprint density at radius 1 is 1.23 bits per heavy atom. The number of methoxy groups -OCH3 is 1. The van der Waals surface area contributed by atoms with Crippen LogP contribution in [0.2, 0.25) is 0 Å². The summed E-state index contributed by atoms with van der Waals surface area (Å²) in [5.74, 6) is 3.08. The van der Waals surface area contributed by atoms with Crippen molar-refractivity contribution >= 4 is 0 Å². The van der Waals surface area contributed by atoms with E-state index < -0.39 is 0 Å². The van der Waals surface area contributed by atoms with Gasteiger partial charge in [0.15, 0.2) is 17.3 Å². The van der Waals surface area contributed by atoms with Crippen LogP contribution in [0.3, 0.4) is 0 Å². The number of tetrazole rings is 1. The number of likely N-dealkylation sites (N-methyl/N-ethyl adjacent to an activating group) is 1. The maximum Gasteiger partial charge on any atom is 0.231 e. The molecule has 138 valence electrons. The minimum atomic E-state index is -0.0567. The predicted octanol–water partition coefficient (Wildman–Crippen LogP) is 2.10. The summed E-state index contributed by atoms with van der Waals surface area (Å²) >= 11 is 0. The molecule has 0 spiro atoms. The zero-order chi connectivity index (χ0) is 17.7. The number of ether oxygens (including phenoxy) is 3. The number of hydrogen-bond acceptors (Lipinski definition) is 7. The summed E-state index contributed by atoms with van der Waals surface area (Å²) in [6.45, 7) is 1.16. The van der Waals surface area contributed by atoms with Crippen molar-refractivity contribution in [2.75, 3.05) is 27.5 Å². The second kappa shape index (κ2) is 6.12. The van der Waals surface area contributed by atoms with Gasteiger partial charge in [-0.15, -0.1) is 5.10 Å². The SMILES string of the molecule is COc1c2c(cc3c1[C@H](c1nnnn1C1CCCC1)N(C)CC3)OCO2. The first kappa shape index (κ1) is 15.9. The van der Waals surface area contributed by atoms with Gasteiger partial charge in [-0.2, -0.15) is 0 Å². The van der Waals surface area contributed by atoms with Crippen molar-refractivity contribution in [2.24, 2.45) is 0 Å². The van der Waals surface area contributed by atoms with Gasteiger partial charge in [-0.25, -0.2) is 4.68 Å². The first-order valence-electron chi connectivity index (χ1n) is 9.25. The van der Waals surface area contributed by atoms with E-state index in [0.717, 1.165) is 48.7 Å². The second-order valence-corrected chi connectivity index (χ2v) is 7.27. The Morgan fingerprint density at radius 3 is 2.88 bits per heavy atom. The van der Waals surface area contributed by atoms with Crippen molar-refractivity contribution in [2.45, 2.75) is 44.2 Å². The molecule has 26 heavy (non-hydrogen) atoms. The van der Waals surface area contributed by atoms with Gasteiger partial charge in [-0.3, -0.25) is 4.90 Å². The largest absolute Gasteiger partial charge is 0.492 e. The minimum Gasteiger partial charge on any atom is -0.492 e. The van der Waals surface area contributed by atoms with Crippen molar-refractivity contribution < 1.29 is 14.2 Å². The fourth-order valence-electron chi connectivity index (χ4n) is 4.55. The Balaban J connectivity index is 1.67. The van der Waals surface area contributed by atoms with E-state index in [1.54, 1.807) is 7.11 Å². The Labute approximate surface area is 152 Å². The molecule has 1 fully saturated rings. The summed E-state index contributed by atoms with van der Waals surface area (Å²) in [4.78, 5) is 2.30. The Kier molecular flexibility index (Phi) is 3.74. The molecule has 8 nitrogen and oxygen atoms in total. The molecule has 0 amide bonds. The number of rotatable bonds is 3. The van der Waals surface area contributed by atoms with E-state index >= 15 is 0 Å². The van der Waals surface area contributed by atoms with E-state index in [4.69, 9.17) is 14.2 Å². The van der Waals surface area contributed by atoms with Crippen LogP contribution in [0, 0.1) is 0 Å². The minimum absolute atomic E-state index is 0.0567. The van der Waals surface area contributed by atoms with Crippen LogP contribution >= 0.6 is 0 Å². The lowest BCUT2D eigenvalue weighted by molar-refractivity contribution is 0.170. The first-order chi connectivity index (χ1) is 12.8. The molecule has 0 N–H and O–H groups in total. The highest BCUT2D eigenvalue weighted by molar-refractivity contribution is 5.62. The van der Waals surface area contributed by atoms with Crippen molar-refractivity contribution in [1.29, 1.82) is 0 Å². The van der Waals surface area contributed by atoms with Crippen molar-refractivity contribution in [3.8, 4) is 17.2 Å². The van der Waals surface area contributed by atoms with Crippen molar-refractivity contribution in [1.82, 2.24) is 25.1 Å². The summed E-state index contributed by atoms with van der Waals surface area (Å²) in [6.07, 6.45) is 5.69. The van der Waals surface area contributed by atoms with Crippen molar-refractivity contribution in [3.05, 3.63) is 23.0 Å². The van der Waals surface area contributed by atoms with Gasteiger partial charge in [0.1, 0.15) is 6.04 Å². The lowest BCUT2D eigenvalue weighted by Gasteiger charge is -2.35. The van der Waals surface area contributed by atoms with Crippen LogP contribution in [0.15, 0.2) is 6.07 Å². The molecule has 8 heteroatoms. The number of nitrogens with zero attached hydrogens (tertiary/aromatic N) is 5. The van der Waals surface area contributed by atoms with E-state index in [1.165, 1.54) is 18.4 Å². The molecule has 5 rings (SSSR count). The zero-order valence-electron chi connectivity index (χ0n) is 15.1. The highest BCUT2D eigenvalue weighted by Crippen LogP contribution is 2.50. The van der Waals surface area contributed by atoms with Gasteiger partial charge in [-0.1, -0.05) is 12.8 Å². The topological polar surface area (TPSA) is 74.5 Å². The predicted molar refractivity (Wildman–Crippen MR) is 92.6 cm³/mol. The Bertz CT molecular complexity index is 830. The maximum atomic E-state index is 5.79. The molecule has 1 saturated carbocycles. The van der Waals surface area contributed by atoms with Gasteiger partial charge in [0, 0.05) is 12.1 Å². The van der Waals surface area contributed by atoms with Crippen LogP contribution < -0.4 is 14.2 Å². The van der Waals surface area contributed by atoms with E-state index in [9.17, 15) is 0 Å². The normalized spacial score (nSPS) is 22.6. The fourth-order valence-corrected chi connectivity index (χ4v) is 4.55. The highest BCUT2D eigenvalue weighted by atomic mass is 16.7. The molecule has 2 aromatic rings. The maximum absolute atomic E-state index is 5.79. The molecule has 0 unspecified atom stereocenters. The van der Waals surface area contributed by atoms with Gasteiger partial charge in [0.25, 0.3) is 0 Å².